The third kappa shape index (κ3) is 2.56. The average molecular weight is 254 g/mol. The molecule has 1 aromatic rings. The van der Waals surface area contributed by atoms with Crippen LogP contribution in [-0.2, 0) is 4.79 Å². The van der Waals surface area contributed by atoms with E-state index in [1.54, 1.807) is 17.4 Å². The lowest BCUT2D eigenvalue weighted by molar-refractivity contribution is -0.690. The van der Waals surface area contributed by atoms with Crippen LogP contribution in [-0.4, -0.2) is 22.7 Å². The molecule has 1 fully saturated rings. The molecule has 7 heteroatoms. The zero-order valence-electron chi connectivity index (χ0n) is 8.74. The Morgan fingerprint density at radius 2 is 2.29 bits per heavy atom. The van der Waals surface area contributed by atoms with Gasteiger partial charge in [0.2, 0.25) is 0 Å². The van der Waals surface area contributed by atoms with Crippen LogP contribution in [0.2, 0.25) is 0 Å². The number of carboxylic acids is 1. The zero-order valence-corrected chi connectivity index (χ0v) is 9.55. The van der Waals surface area contributed by atoms with E-state index in [0.29, 0.717) is 5.75 Å². The molecule has 1 heterocycles. The van der Waals surface area contributed by atoms with Crippen molar-refractivity contribution in [2.75, 3.05) is 5.75 Å². The van der Waals surface area contributed by atoms with Crippen molar-refractivity contribution in [3.63, 3.8) is 0 Å². The van der Waals surface area contributed by atoms with Crippen LogP contribution >= 0.6 is 11.8 Å². The monoisotopic (exact) mass is 254 g/mol. The molecule has 2 N–H and O–H groups in total. The third-order valence-corrected chi connectivity index (χ3v) is 3.91. The van der Waals surface area contributed by atoms with E-state index < -0.39 is 16.9 Å². The maximum atomic E-state index is 10.7. The van der Waals surface area contributed by atoms with Gasteiger partial charge in [0, 0.05) is 17.7 Å². The SMILES string of the molecule is O=C([O-])C1CSC(c2cccc([N+](=O)[O-])c2)[NH2+]1. The summed E-state index contributed by atoms with van der Waals surface area (Å²) in [6, 6.07) is 5.68. The lowest BCUT2D eigenvalue weighted by Crippen LogP contribution is -2.90. The lowest BCUT2D eigenvalue weighted by Gasteiger charge is -2.10. The molecule has 0 amide bonds. The first kappa shape index (κ1) is 11.9. The van der Waals surface area contributed by atoms with Gasteiger partial charge in [-0.3, -0.25) is 10.1 Å². The Balaban J connectivity index is 2.16. The number of nitro groups is 1. The number of hydrogen-bond donors (Lipinski definition) is 1. The van der Waals surface area contributed by atoms with E-state index in [-0.39, 0.29) is 11.1 Å². The molecule has 0 bridgehead atoms. The minimum Gasteiger partial charge on any atom is -0.544 e. The summed E-state index contributed by atoms with van der Waals surface area (Å²) in [5.41, 5.74) is 0.779. The topological polar surface area (TPSA) is 99.9 Å². The van der Waals surface area contributed by atoms with Crippen molar-refractivity contribution >= 4 is 23.4 Å². The molecule has 2 rings (SSSR count). The van der Waals surface area contributed by atoms with E-state index >= 15 is 0 Å². The Morgan fingerprint density at radius 3 is 2.88 bits per heavy atom. The number of nitro benzene ring substituents is 1. The second kappa shape index (κ2) is 4.72. The largest absolute Gasteiger partial charge is 0.544 e. The Bertz CT molecular complexity index is 465. The van der Waals surface area contributed by atoms with Gasteiger partial charge in [-0.25, -0.2) is 0 Å². The zero-order chi connectivity index (χ0) is 12.4. The Hall–Kier alpha value is -1.60. The highest BCUT2D eigenvalue weighted by Crippen LogP contribution is 2.28. The van der Waals surface area contributed by atoms with Crippen LogP contribution in [0, 0.1) is 10.1 Å². The van der Waals surface area contributed by atoms with E-state index in [4.69, 9.17) is 0 Å². The van der Waals surface area contributed by atoms with Crippen molar-refractivity contribution < 1.29 is 20.1 Å². The molecule has 2 unspecified atom stereocenters. The molecule has 0 radical (unpaired) electrons. The molecule has 1 aliphatic heterocycles. The van der Waals surface area contributed by atoms with Crippen LogP contribution in [0.1, 0.15) is 10.9 Å². The molecule has 0 aliphatic carbocycles. The predicted octanol–water partition coefficient (Wildman–Crippen LogP) is -0.978. The smallest absolute Gasteiger partial charge is 0.269 e. The number of hydrogen-bond acceptors (Lipinski definition) is 5. The van der Waals surface area contributed by atoms with Crippen LogP contribution in [0.4, 0.5) is 5.69 Å². The van der Waals surface area contributed by atoms with Crippen molar-refractivity contribution in [3.05, 3.63) is 39.9 Å². The Morgan fingerprint density at radius 1 is 1.53 bits per heavy atom. The first-order chi connectivity index (χ1) is 8.08. The van der Waals surface area contributed by atoms with Gasteiger partial charge in [0.05, 0.1) is 10.7 Å². The van der Waals surface area contributed by atoms with E-state index in [1.165, 1.54) is 23.9 Å². The minimum absolute atomic E-state index is 0.0217. The average Bonchev–Trinajstić information content (AvgIpc) is 2.78. The number of carbonyl (C=O) groups excluding carboxylic acids is 1. The fourth-order valence-corrected chi connectivity index (χ4v) is 3.00. The van der Waals surface area contributed by atoms with Gasteiger partial charge in [0.1, 0.15) is 12.0 Å². The molecule has 0 spiro atoms. The van der Waals surface area contributed by atoms with Gasteiger partial charge in [-0.05, 0) is 0 Å². The number of aliphatic carboxylic acids is 1. The number of carbonyl (C=O) groups is 1. The number of nitrogens with two attached hydrogens (primary N) is 1. The van der Waals surface area contributed by atoms with E-state index in [0.717, 1.165) is 5.56 Å². The van der Waals surface area contributed by atoms with Crippen molar-refractivity contribution in [1.29, 1.82) is 0 Å². The highest BCUT2D eigenvalue weighted by atomic mass is 32.2. The molecule has 0 saturated carbocycles. The fourth-order valence-electron chi connectivity index (χ4n) is 1.70. The van der Waals surface area contributed by atoms with Gasteiger partial charge >= 0.3 is 0 Å². The molecule has 1 saturated heterocycles. The molecule has 90 valence electrons. The van der Waals surface area contributed by atoms with Crippen molar-refractivity contribution in [3.8, 4) is 0 Å². The van der Waals surface area contributed by atoms with Gasteiger partial charge in [-0.2, -0.15) is 0 Å². The third-order valence-electron chi connectivity index (χ3n) is 2.57. The summed E-state index contributed by atoms with van der Waals surface area (Å²) < 4.78 is 0. The fraction of sp³-hybridized carbons (Fsp3) is 0.300. The standard InChI is InChI=1S/C10H10N2O4S/c13-10(14)8-5-17-9(11-8)6-2-1-3-7(4-6)12(15)16/h1-4,8-9,11H,5H2,(H,13,14). The van der Waals surface area contributed by atoms with Crippen LogP contribution in [0.15, 0.2) is 24.3 Å². The number of nitrogens with zero attached hydrogens (tertiary/aromatic N) is 1. The lowest BCUT2D eigenvalue weighted by atomic mass is 10.2. The molecular formula is C10H10N2O4S. The summed E-state index contributed by atoms with van der Waals surface area (Å²) in [5, 5.41) is 22.9. The van der Waals surface area contributed by atoms with Crippen LogP contribution in [0.5, 0.6) is 0 Å². The molecule has 1 aliphatic rings. The highest BCUT2D eigenvalue weighted by molar-refractivity contribution is 7.99. The van der Waals surface area contributed by atoms with Crippen molar-refractivity contribution in [2.45, 2.75) is 11.4 Å². The maximum Gasteiger partial charge on any atom is 0.269 e. The van der Waals surface area contributed by atoms with Crippen molar-refractivity contribution in [1.82, 2.24) is 0 Å². The molecule has 0 aromatic heterocycles. The second-order valence-electron chi connectivity index (χ2n) is 3.72. The highest BCUT2D eigenvalue weighted by Gasteiger charge is 2.31. The van der Waals surface area contributed by atoms with Crippen LogP contribution in [0.3, 0.4) is 0 Å². The van der Waals surface area contributed by atoms with E-state index in [2.05, 4.69) is 0 Å². The number of rotatable bonds is 3. The van der Waals surface area contributed by atoms with Gasteiger partial charge in [-0.15, -0.1) is 0 Å². The summed E-state index contributed by atoms with van der Waals surface area (Å²) in [4.78, 5) is 20.9. The summed E-state index contributed by atoms with van der Waals surface area (Å²) in [7, 11) is 0. The number of non-ortho nitro benzene ring substituents is 1. The maximum absolute atomic E-state index is 10.7. The van der Waals surface area contributed by atoms with Gasteiger partial charge in [0.25, 0.3) is 5.69 Å². The molecule has 6 nitrogen and oxygen atoms in total. The number of carboxylic acid groups (broad SMARTS) is 1. The van der Waals surface area contributed by atoms with Gasteiger partial charge < -0.3 is 15.2 Å². The van der Waals surface area contributed by atoms with E-state index in [1.807, 2.05) is 0 Å². The predicted molar refractivity (Wildman–Crippen MR) is 59.0 cm³/mol. The first-order valence-electron chi connectivity index (χ1n) is 5.00. The summed E-state index contributed by atoms with van der Waals surface area (Å²) in [6.45, 7) is 0. The van der Waals surface area contributed by atoms with E-state index in [9.17, 15) is 20.0 Å². The molecule has 17 heavy (non-hydrogen) atoms. The first-order valence-corrected chi connectivity index (χ1v) is 6.04. The quantitative estimate of drug-likeness (QED) is 0.552. The number of quaternary nitrogens is 1. The summed E-state index contributed by atoms with van der Waals surface area (Å²) in [5.74, 6) is -0.638. The molecule has 1 aromatic carbocycles. The minimum atomic E-state index is -1.09. The van der Waals surface area contributed by atoms with Crippen molar-refractivity contribution in [2.24, 2.45) is 0 Å². The Kier molecular flexibility index (Phi) is 3.30. The Labute approximate surface area is 101 Å². The summed E-state index contributed by atoms with van der Waals surface area (Å²) >= 11 is 1.45. The van der Waals surface area contributed by atoms with Crippen LogP contribution < -0.4 is 10.4 Å². The number of benzene rings is 1. The normalized spacial score (nSPS) is 23.5. The van der Waals surface area contributed by atoms with Gasteiger partial charge in [0.15, 0.2) is 5.37 Å². The second-order valence-corrected chi connectivity index (χ2v) is 4.90. The number of thioether (sulfide) groups is 1. The summed E-state index contributed by atoms with van der Waals surface area (Å²) in [6.07, 6.45) is 0. The molecule has 2 atom stereocenters. The van der Waals surface area contributed by atoms with Gasteiger partial charge in [-0.1, -0.05) is 23.9 Å². The molecular weight excluding hydrogens is 244 g/mol. The van der Waals surface area contributed by atoms with Crippen LogP contribution in [0.25, 0.3) is 0 Å².